The van der Waals surface area contributed by atoms with Crippen LogP contribution in [0.2, 0.25) is 0 Å². The second-order valence-electron chi connectivity index (χ2n) is 14.9. The van der Waals surface area contributed by atoms with Crippen molar-refractivity contribution in [3.8, 4) is 0 Å². The number of nitrogens with zero attached hydrogens (tertiary/aromatic N) is 1. The number of aliphatic hydroxyl groups is 1. The number of nitrogens with one attached hydrogen (secondary N) is 2. The molecule has 0 radical (unpaired) electrons. The van der Waals surface area contributed by atoms with Gasteiger partial charge in [-0.25, -0.2) is 0 Å². The molecule has 0 aromatic heterocycles. The van der Waals surface area contributed by atoms with Gasteiger partial charge in [0.2, 0.25) is 5.91 Å². The van der Waals surface area contributed by atoms with Crippen molar-refractivity contribution >= 4 is 17.5 Å². The largest absolute Gasteiger partial charge is 0.392 e. The molecule has 8 heteroatoms. The number of hydrogen-bond acceptors (Lipinski definition) is 6. The lowest BCUT2D eigenvalue weighted by molar-refractivity contribution is -0.278. The number of likely N-dealkylation sites (tertiary alicyclic amines) is 1. The molecule has 2 saturated heterocycles. The maximum absolute atomic E-state index is 13.8. The Morgan fingerprint density at radius 1 is 0.875 bits per heavy atom. The van der Waals surface area contributed by atoms with Crippen LogP contribution in [0.4, 0.5) is 5.69 Å². The van der Waals surface area contributed by atoms with Crippen molar-refractivity contribution < 1.29 is 24.2 Å². The monoisotopic (exact) mass is 653 g/mol. The highest BCUT2D eigenvalue weighted by molar-refractivity contribution is 6.04. The van der Waals surface area contributed by atoms with Gasteiger partial charge in [0.15, 0.2) is 6.29 Å². The highest BCUT2D eigenvalue weighted by atomic mass is 16.7. The minimum absolute atomic E-state index is 0.0162. The number of hydrogen-bond donors (Lipinski definition) is 3. The molecule has 3 aliphatic rings. The van der Waals surface area contributed by atoms with E-state index >= 15 is 0 Å². The predicted octanol–water partition coefficient (Wildman–Crippen LogP) is 7.16. The van der Waals surface area contributed by atoms with Crippen LogP contribution in [0.3, 0.4) is 0 Å². The summed E-state index contributed by atoms with van der Waals surface area (Å²) in [5.41, 5.74) is 3.60. The molecule has 256 valence electrons. The van der Waals surface area contributed by atoms with E-state index in [-0.39, 0.29) is 48.1 Å². The zero-order valence-corrected chi connectivity index (χ0v) is 28.7. The molecule has 0 spiro atoms. The van der Waals surface area contributed by atoms with Gasteiger partial charge in [-0.2, -0.15) is 0 Å². The minimum atomic E-state index is -0.684. The van der Waals surface area contributed by atoms with E-state index in [0.717, 1.165) is 36.0 Å². The Bertz CT molecular complexity index is 1540. The third kappa shape index (κ3) is 8.00. The van der Waals surface area contributed by atoms with E-state index in [1.807, 2.05) is 87.5 Å². The van der Waals surface area contributed by atoms with E-state index in [1.54, 1.807) is 12.1 Å². The Morgan fingerprint density at radius 3 is 2.35 bits per heavy atom. The SMILES string of the molecule is C[C@@H]1[C@H](CN2[C@@H](C(=O)NC(C)(C)C)CC[C@H]3CCCC[C@H]32)O[C@H](c2cccc(NC(=O)c3ccccc3)c2)O[C@@H]1c1ccc(CO)cc1. The van der Waals surface area contributed by atoms with Gasteiger partial charge < -0.3 is 25.2 Å². The molecule has 2 heterocycles. The van der Waals surface area contributed by atoms with E-state index in [2.05, 4.69) is 22.5 Å². The average Bonchev–Trinajstić information content (AvgIpc) is 3.09. The number of aliphatic hydroxyl groups excluding tert-OH is 1. The van der Waals surface area contributed by atoms with Gasteiger partial charge in [0.05, 0.1) is 24.9 Å². The van der Waals surface area contributed by atoms with Gasteiger partial charge in [0, 0.05) is 40.9 Å². The van der Waals surface area contributed by atoms with Crippen LogP contribution in [0, 0.1) is 11.8 Å². The summed E-state index contributed by atoms with van der Waals surface area (Å²) in [7, 11) is 0. The lowest BCUT2D eigenvalue weighted by Crippen LogP contribution is -2.61. The molecule has 7 atom stereocenters. The Balaban J connectivity index is 1.30. The first kappa shape index (κ1) is 34.3. The molecule has 2 aliphatic heterocycles. The molecule has 3 aromatic carbocycles. The number of piperidine rings is 1. The molecule has 0 unspecified atom stereocenters. The molecule has 1 saturated carbocycles. The van der Waals surface area contributed by atoms with Gasteiger partial charge in [0.1, 0.15) is 0 Å². The highest BCUT2D eigenvalue weighted by Crippen LogP contribution is 2.44. The van der Waals surface area contributed by atoms with Crippen molar-refractivity contribution in [3.05, 3.63) is 101 Å². The number of benzene rings is 3. The topological polar surface area (TPSA) is 100 Å². The fourth-order valence-corrected chi connectivity index (χ4v) is 7.82. The Morgan fingerprint density at radius 2 is 1.62 bits per heavy atom. The number of rotatable bonds is 8. The lowest BCUT2D eigenvalue weighted by atomic mass is 9.75. The van der Waals surface area contributed by atoms with E-state index in [0.29, 0.717) is 29.8 Å². The maximum atomic E-state index is 13.8. The summed E-state index contributed by atoms with van der Waals surface area (Å²) in [5.74, 6) is 0.492. The molecule has 8 nitrogen and oxygen atoms in total. The first-order valence-corrected chi connectivity index (χ1v) is 17.6. The van der Waals surface area contributed by atoms with E-state index < -0.39 is 6.29 Å². The fraction of sp³-hybridized carbons (Fsp3) is 0.500. The van der Waals surface area contributed by atoms with Gasteiger partial charge >= 0.3 is 0 Å². The third-order valence-electron chi connectivity index (χ3n) is 10.3. The van der Waals surface area contributed by atoms with Gasteiger partial charge in [0.25, 0.3) is 5.91 Å². The summed E-state index contributed by atoms with van der Waals surface area (Å²) in [6.45, 7) is 8.90. The van der Waals surface area contributed by atoms with Crippen LogP contribution in [0.25, 0.3) is 0 Å². The lowest BCUT2D eigenvalue weighted by Gasteiger charge is -2.51. The van der Waals surface area contributed by atoms with Crippen molar-refractivity contribution in [3.63, 3.8) is 0 Å². The zero-order valence-electron chi connectivity index (χ0n) is 28.7. The zero-order chi connectivity index (χ0) is 33.8. The predicted molar refractivity (Wildman–Crippen MR) is 187 cm³/mol. The molecule has 1 aliphatic carbocycles. The summed E-state index contributed by atoms with van der Waals surface area (Å²) in [6.07, 6.45) is 5.48. The third-order valence-corrected chi connectivity index (χ3v) is 10.3. The van der Waals surface area contributed by atoms with E-state index in [9.17, 15) is 14.7 Å². The quantitative estimate of drug-likeness (QED) is 0.239. The second-order valence-corrected chi connectivity index (χ2v) is 14.9. The van der Waals surface area contributed by atoms with Crippen LogP contribution >= 0.6 is 0 Å². The van der Waals surface area contributed by atoms with Crippen molar-refractivity contribution in [2.45, 2.75) is 109 Å². The summed E-state index contributed by atoms with van der Waals surface area (Å²) in [4.78, 5) is 29.2. The molecule has 3 fully saturated rings. The molecule has 6 rings (SSSR count). The van der Waals surface area contributed by atoms with Gasteiger partial charge in [-0.05, 0) is 87.8 Å². The van der Waals surface area contributed by atoms with Crippen LogP contribution in [-0.2, 0) is 20.9 Å². The number of amides is 2. The number of fused-ring (bicyclic) bond motifs is 1. The fourth-order valence-electron chi connectivity index (χ4n) is 7.82. The molecular formula is C40H51N3O5. The molecule has 48 heavy (non-hydrogen) atoms. The van der Waals surface area contributed by atoms with Crippen LogP contribution in [0.5, 0.6) is 0 Å². The van der Waals surface area contributed by atoms with Crippen molar-refractivity contribution in [2.24, 2.45) is 11.8 Å². The first-order valence-electron chi connectivity index (χ1n) is 17.6. The van der Waals surface area contributed by atoms with E-state index in [1.165, 1.54) is 19.3 Å². The normalized spacial score (nSPS) is 27.9. The summed E-state index contributed by atoms with van der Waals surface area (Å²) < 4.78 is 13.6. The Labute approximate surface area is 285 Å². The number of carbonyl (C=O) groups is 2. The van der Waals surface area contributed by atoms with Crippen molar-refractivity contribution in [1.29, 1.82) is 0 Å². The van der Waals surface area contributed by atoms with Crippen LogP contribution in [0.1, 0.15) is 106 Å². The number of ether oxygens (including phenoxy) is 2. The summed E-state index contributed by atoms with van der Waals surface area (Å²) in [5, 5.41) is 16.0. The van der Waals surface area contributed by atoms with Crippen molar-refractivity contribution in [2.75, 3.05) is 11.9 Å². The van der Waals surface area contributed by atoms with Gasteiger partial charge in [-0.3, -0.25) is 14.5 Å². The number of anilines is 1. The van der Waals surface area contributed by atoms with Crippen LogP contribution < -0.4 is 10.6 Å². The smallest absolute Gasteiger partial charge is 0.255 e. The highest BCUT2D eigenvalue weighted by Gasteiger charge is 2.46. The maximum Gasteiger partial charge on any atom is 0.255 e. The molecule has 3 N–H and O–H groups in total. The summed E-state index contributed by atoms with van der Waals surface area (Å²) >= 11 is 0. The molecule has 0 bridgehead atoms. The molecule has 3 aromatic rings. The first-order chi connectivity index (χ1) is 23.1. The van der Waals surface area contributed by atoms with Gasteiger partial charge in [-0.15, -0.1) is 0 Å². The summed E-state index contributed by atoms with van der Waals surface area (Å²) in [6, 6.07) is 24.9. The van der Waals surface area contributed by atoms with Gasteiger partial charge in [-0.1, -0.05) is 74.4 Å². The molecular weight excluding hydrogens is 602 g/mol. The standard InChI is InChI=1S/C40H51N3O5/c1-26-35(24-43-33-16-9-8-11-28(33)21-22-34(43)38(46)42-40(2,3)4)47-39(48-36(26)29-19-17-27(25-44)18-20-29)31-14-10-15-32(23-31)41-37(45)30-12-6-5-7-13-30/h5-7,10,12-15,17-20,23,26,28,33-36,39,44H,8-9,11,16,21-22,24-25H2,1-4H3,(H,41,45)(H,42,46)/t26-,28-,33-,34-,35+,36+,39+/m1/s1. The van der Waals surface area contributed by atoms with Crippen LogP contribution in [-0.4, -0.2) is 52.1 Å². The second kappa shape index (κ2) is 14.9. The average molecular weight is 654 g/mol. The van der Waals surface area contributed by atoms with Crippen LogP contribution in [0.15, 0.2) is 78.9 Å². The Kier molecular flexibility index (Phi) is 10.7. The Hall–Kier alpha value is -3.56. The minimum Gasteiger partial charge on any atom is -0.392 e. The van der Waals surface area contributed by atoms with E-state index in [4.69, 9.17) is 9.47 Å². The molecule has 2 amide bonds. The van der Waals surface area contributed by atoms with Crippen molar-refractivity contribution in [1.82, 2.24) is 10.2 Å². The number of carbonyl (C=O) groups excluding carboxylic acids is 2.